The maximum Gasteiger partial charge on any atom is 0.424 e. The molecular weight excluding hydrogens is 923 g/mol. The Bertz CT molecular complexity index is 2850. The van der Waals surface area contributed by atoms with E-state index in [0.717, 1.165) is 49.5 Å². The molecule has 2 aromatic heterocycles. The van der Waals surface area contributed by atoms with Crippen molar-refractivity contribution in [2.24, 2.45) is 5.92 Å². The highest BCUT2D eigenvalue weighted by Crippen LogP contribution is 2.28. The Morgan fingerprint density at radius 2 is 1.15 bits per heavy atom. The fourth-order valence-electron chi connectivity index (χ4n) is 8.61. The summed E-state index contributed by atoms with van der Waals surface area (Å²) in [6, 6.07) is 35.2. The van der Waals surface area contributed by atoms with Gasteiger partial charge in [-0.1, -0.05) is 74.0 Å². The molecule has 1 amide bonds. The van der Waals surface area contributed by atoms with Crippen LogP contribution in [0.4, 0.5) is 24.1 Å². The third-order valence-electron chi connectivity index (χ3n) is 12.9. The summed E-state index contributed by atoms with van der Waals surface area (Å²) in [7, 11) is 4.62. The molecule has 2 aliphatic rings. The molecule has 0 saturated carbocycles. The van der Waals surface area contributed by atoms with Crippen LogP contribution in [-0.4, -0.2) is 104 Å². The molecule has 0 spiro atoms. The fraction of sp³-hybridized carbons (Fsp3) is 0.309. The molecule has 2 aliphatic heterocycles. The Morgan fingerprint density at radius 1 is 0.681 bits per heavy atom. The van der Waals surface area contributed by atoms with Gasteiger partial charge in [0.15, 0.2) is 23.1 Å². The lowest BCUT2D eigenvalue weighted by Gasteiger charge is -2.36. The van der Waals surface area contributed by atoms with Gasteiger partial charge in [0.25, 0.3) is 5.69 Å². The van der Waals surface area contributed by atoms with E-state index in [-0.39, 0.29) is 35.0 Å². The van der Waals surface area contributed by atoms with Gasteiger partial charge in [0.05, 0.1) is 30.5 Å². The molecule has 0 atom stereocenters. The number of aromatic nitrogens is 4. The summed E-state index contributed by atoms with van der Waals surface area (Å²) in [5.74, 6) is 0.410. The molecule has 0 unspecified atom stereocenters. The summed E-state index contributed by atoms with van der Waals surface area (Å²) in [4.78, 5) is 50.4. The number of carbonyl (C=O) groups excluding carboxylic acids is 2. The van der Waals surface area contributed by atoms with E-state index in [0.29, 0.717) is 22.5 Å². The molecule has 72 heavy (non-hydrogen) atoms. The lowest BCUT2D eigenvalue weighted by Crippen LogP contribution is -2.46. The van der Waals surface area contributed by atoms with Crippen LogP contribution in [0, 0.1) is 27.7 Å². The first-order chi connectivity index (χ1) is 34.9. The molecule has 0 radical (unpaired) electrons. The van der Waals surface area contributed by atoms with E-state index in [2.05, 4.69) is 81.3 Å². The van der Waals surface area contributed by atoms with Crippen molar-refractivity contribution in [1.29, 1.82) is 0 Å². The Morgan fingerprint density at radius 3 is 1.62 bits per heavy atom. The van der Waals surface area contributed by atoms with Gasteiger partial charge >= 0.3 is 12.1 Å². The number of imidazole rings is 2. The number of likely N-dealkylation sites (tertiary alicyclic amines) is 2. The minimum absolute atomic E-state index is 0.0607. The van der Waals surface area contributed by atoms with Gasteiger partial charge in [-0.05, 0) is 104 Å². The molecule has 2 saturated heterocycles. The van der Waals surface area contributed by atoms with Crippen molar-refractivity contribution < 1.29 is 37.5 Å². The Kier molecular flexibility index (Phi) is 18.4. The van der Waals surface area contributed by atoms with Gasteiger partial charge in [-0.15, -0.1) is 0 Å². The van der Waals surface area contributed by atoms with Crippen LogP contribution >= 0.6 is 0 Å². The Hall–Kier alpha value is -7.76. The number of hydrogen-bond acceptors (Lipinski definition) is 11. The van der Waals surface area contributed by atoms with Crippen molar-refractivity contribution in [3.05, 3.63) is 179 Å². The van der Waals surface area contributed by atoms with E-state index in [1.54, 1.807) is 23.2 Å². The van der Waals surface area contributed by atoms with Gasteiger partial charge in [-0.2, -0.15) is 0 Å². The zero-order valence-electron chi connectivity index (χ0n) is 41.0. The second-order valence-corrected chi connectivity index (χ2v) is 17.6. The number of piperidine rings is 2. The van der Waals surface area contributed by atoms with E-state index in [1.807, 2.05) is 13.1 Å². The predicted octanol–water partition coefficient (Wildman–Crippen LogP) is 11.2. The van der Waals surface area contributed by atoms with Crippen molar-refractivity contribution in [2.75, 3.05) is 47.4 Å². The molecular formula is C55H60F2N8O7. The van der Waals surface area contributed by atoms with E-state index in [9.17, 15) is 28.5 Å². The van der Waals surface area contributed by atoms with E-state index >= 15 is 0 Å². The van der Waals surface area contributed by atoms with Crippen molar-refractivity contribution in [2.45, 2.75) is 58.2 Å². The second kappa shape index (κ2) is 25.4. The van der Waals surface area contributed by atoms with Gasteiger partial charge in [0, 0.05) is 74.9 Å². The number of ether oxygens (including phenoxy) is 3. The monoisotopic (exact) mass is 982 g/mol. The number of halogens is 2. The number of nitro groups is 1. The first kappa shape index (κ1) is 52.1. The van der Waals surface area contributed by atoms with Crippen LogP contribution in [0.15, 0.2) is 146 Å². The van der Waals surface area contributed by atoms with Crippen molar-refractivity contribution in [1.82, 2.24) is 33.8 Å². The molecule has 376 valence electrons. The number of nitrogens with zero attached hydrogens (tertiary/aromatic N) is 8. The Balaban J connectivity index is 0.000000168. The topological polar surface area (TPSA) is 150 Å². The maximum absolute atomic E-state index is 13.7. The van der Waals surface area contributed by atoms with Gasteiger partial charge in [0.1, 0.15) is 18.4 Å². The van der Waals surface area contributed by atoms with Gasteiger partial charge in [-0.25, -0.2) is 32.9 Å². The molecule has 17 heteroatoms. The second-order valence-electron chi connectivity index (χ2n) is 17.6. The number of carbonyl (C=O) groups is 2. The molecule has 7 aromatic rings. The maximum atomic E-state index is 13.7. The van der Waals surface area contributed by atoms with Crippen LogP contribution < -0.4 is 14.2 Å². The highest BCUT2D eigenvalue weighted by Gasteiger charge is 2.27. The largest absolute Gasteiger partial charge is 0.494 e. The summed E-state index contributed by atoms with van der Waals surface area (Å²) < 4.78 is 44.8. The van der Waals surface area contributed by atoms with Crippen molar-refractivity contribution in [3.63, 3.8) is 0 Å². The lowest BCUT2D eigenvalue weighted by molar-refractivity contribution is -0.384. The van der Waals surface area contributed by atoms with Gasteiger partial charge in [0.2, 0.25) is 0 Å². The molecule has 9 rings (SSSR count). The molecule has 0 N–H and O–H groups in total. The van der Waals surface area contributed by atoms with Crippen LogP contribution in [0.5, 0.6) is 17.2 Å². The van der Waals surface area contributed by atoms with E-state index in [4.69, 9.17) is 14.2 Å². The average molecular weight is 983 g/mol. The number of amides is 1. The van der Waals surface area contributed by atoms with Gasteiger partial charge in [-0.3, -0.25) is 24.5 Å². The number of rotatable bonds is 12. The first-order valence-corrected chi connectivity index (χ1v) is 23.9. The predicted molar refractivity (Wildman–Crippen MR) is 271 cm³/mol. The minimum atomic E-state index is -0.744. The third-order valence-corrected chi connectivity index (χ3v) is 12.9. The third kappa shape index (κ3) is 14.2. The van der Waals surface area contributed by atoms with Crippen LogP contribution in [-0.2, 0) is 13.1 Å². The van der Waals surface area contributed by atoms with Crippen molar-refractivity contribution in [3.8, 4) is 39.8 Å². The first-order valence-electron chi connectivity index (χ1n) is 23.9. The summed E-state index contributed by atoms with van der Waals surface area (Å²) in [6.07, 6.45) is 11.1. The molecule has 0 bridgehead atoms. The van der Waals surface area contributed by atoms with Crippen LogP contribution in [0.3, 0.4) is 0 Å². The number of nitro benzene ring substituents is 1. The standard InChI is InChI=1S/C24H27FN4O2.C17H12FN3O5.C14H21N/c1-27(20-10-12-28(13-11-20)15-18-6-4-3-5-7-18)24(30)29-16-22(26-17-29)19-8-9-21(25)23(14-19)31-2;1-25-16-8-11(2-7-14(16)18)15-9-20(10-19-15)17(22)26-13-5-3-12(4-6-13)21(23)24;1-2-13-8-10-15(11-9-13)12-14-6-4-3-5-7-14/h3-9,14,16-17,20H,10-13,15H2,1-2H3;2-10H,1H3;3-7,13H,2,8-12H2,1H3. The van der Waals surface area contributed by atoms with E-state index < -0.39 is 22.7 Å². The SMILES string of the molecule is CCC1CCN(Cc2ccccc2)CC1.COc1cc(-c2cn(C(=O)N(C)C3CCN(Cc4ccccc4)CC3)cn2)ccc1F.COc1cc(-c2cn(C(=O)Oc3ccc([N+](=O)[O-])cc3)cn2)ccc1F. The smallest absolute Gasteiger partial charge is 0.424 e. The average Bonchev–Trinajstić information content (AvgIpc) is 4.12. The quantitative estimate of drug-likeness (QED) is 0.0850. The lowest BCUT2D eigenvalue weighted by atomic mass is 9.94. The Labute approximate surface area is 418 Å². The minimum Gasteiger partial charge on any atom is -0.494 e. The zero-order chi connectivity index (χ0) is 51.0. The van der Waals surface area contributed by atoms with E-state index in [1.165, 1.54) is 130 Å². The number of benzene rings is 5. The highest BCUT2D eigenvalue weighted by atomic mass is 19.1. The van der Waals surface area contributed by atoms with Crippen LogP contribution in [0.2, 0.25) is 0 Å². The van der Waals surface area contributed by atoms with Crippen LogP contribution in [0.1, 0.15) is 50.2 Å². The number of methoxy groups -OCH3 is 2. The number of non-ortho nitro benzene ring substituents is 1. The molecule has 15 nitrogen and oxygen atoms in total. The fourth-order valence-corrected chi connectivity index (χ4v) is 8.61. The normalized spacial score (nSPS) is 14.2. The molecule has 4 heterocycles. The zero-order valence-corrected chi connectivity index (χ0v) is 41.0. The summed E-state index contributed by atoms with van der Waals surface area (Å²) >= 11 is 0. The summed E-state index contributed by atoms with van der Waals surface area (Å²) in [6.45, 7) is 8.89. The summed E-state index contributed by atoms with van der Waals surface area (Å²) in [5.41, 5.74) is 4.93. The number of hydrogen-bond donors (Lipinski definition) is 0. The molecule has 2 fully saturated rings. The highest BCUT2D eigenvalue weighted by molar-refractivity contribution is 5.78. The van der Waals surface area contributed by atoms with Crippen molar-refractivity contribution >= 4 is 17.8 Å². The van der Waals surface area contributed by atoms with Gasteiger partial charge < -0.3 is 19.1 Å². The summed E-state index contributed by atoms with van der Waals surface area (Å²) in [5, 5.41) is 10.6. The molecule has 0 aliphatic carbocycles. The van der Waals surface area contributed by atoms with Crippen LogP contribution in [0.25, 0.3) is 22.5 Å². The molecule has 5 aromatic carbocycles.